The number of Topliss-reactive ketones (excluding diaryl/α,β-unsaturated/α-hetero) is 2. The minimum atomic E-state index is -4.97. The molecule has 13 heteroatoms. The number of nitrogens with one attached hydrogen (secondary N) is 1. The highest BCUT2D eigenvalue weighted by atomic mass is 19.4. The molecule has 2 aromatic carbocycles. The summed E-state index contributed by atoms with van der Waals surface area (Å²) in [6.07, 6.45) is 19.2. The van der Waals surface area contributed by atoms with Crippen molar-refractivity contribution in [3.05, 3.63) is 71.2 Å². The molecular weight excluding hydrogens is 861 g/mol. The first-order chi connectivity index (χ1) is 31.9. The third-order valence-corrected chi connectivity index (χ3v) is 11.7. The summed E-state index contributed by atoms with van der Waals surface area (Å²) in [6.45, 7) is 26.0. The first-order valence-electron chi connectivity index (χ1n) is 24.5. The summed E-state index contributed by atoms with van der Waals surface area (Å²) in [5.74, 6) is 3.31. The summed E-state index contributed by atoms with van der Waals surface area (Å²) >= 11 is 0. The predicted molar refractivity (Wildman–Crippen MR) is 267 cm³/mol. The van der Waals surface area contributed by atoms with Gasteiger partial charge in [0.05, 0.1) is 0 Å². The summed E-state index contributed by atoms with van der Waals surface area (Å²) in [5.41, 5.74) is 10.6. The van der Waals surface area contributed by atoms with Crippen molar-refractivity contribution in [3.8, 4) is 18.1 Å². The summed E-state index contributed by atoms with van der Waals surface area (Å²) in [4.78, 5) is 49.8. The van der Waals surface area contributed by atoms with Gasteiger partial charge in [0.15, 0.2) is 23.6 Å². The number of ketones is 2. The van der Waals surface area contributed by atoms with Crippen molar-refractivity contribution < 1.29 is 41.5 Å². The standard InChI is InChI=1S/C18H23NO2.C14H27N.C12H20O.C8H6F4N2O2.C2H6/c1-4-7-12-19(11-6-3)16-9-10-17(15(13-16)14-20)18(21)8-5-2;1-2-13-8-10-15(11-9-13)12-14-6-4-3-5-7-14;1-5-7-12(13)9-8-11(4)10(3)6-2;9-5-3-4(14-7(13)15)1-2-6(5)16-8(10,11)12;1-2/h1,9-10,13-14H,5-8,11-12H2,2-3H3;13-14H,2-12H2,1H3;11H,2,5,7-9H2,1,3-4H3;1-3H,(H3,13,14,15);1-2H3. The number of allylic oxidation sites excluding steroid dienone is 1. The van der Waals surface area contributed by atoms with Crippen molar-refractivity contribution in [2.75, 3.05) is 42.9 Å². The summed E-state index contributed by atoms with van der Waals surface area (Å²) < 4.78 is 51.6. The zero-order chi connectivity index (χ0) is 50.8. The lowest BCUT2D eigenvalue weighted by Gasteiger charge is -2.35. The molecule has 0 aromatic heterocycles. The summed E-state index contributed by atoms with van der Waals surface area (Å²) in [7, 11) is 0. The highest BCUT2D eigenvalue weighted by molar-refractivity contribution is 6.03. The second-order valence-electron chi connectivity index (χ2n) is 16.9. The van der Waals surface area contributed by atoms with E-state index in [2.05, 4.69) is 53.5 Å². The number of alkyl halides is 3. The molecule has 2 amide bonds. The van der Waals surface area contributed by atoms with E-state index in [0.29, 0.717) is 48.2 Å². The van der Waals surface area contributed by atoms with Crippen LogP contribution in [0.4, 0.5) is 33.7 Å². The number of amides is 2. The Labute approximate surface area is 400 Å². The minimum Gasteiger partial charge on any atom is -0.403 e. The van der Waals surface area contributed by atoms with Crippen LogP contribution in [0.2, 0.25) is 0 Å². The van der Waals surface area contributed by atoms with Crippen molar-refractivity contribution in [3.63, 3.8) is 0 Å². The van der Waals surface area contributed by atoms with Gasteiger partial charge in [-0.3, -0.25) is 14.4 Å². The average Bonchev–Trinajstić information content (AvgIpc) is 3.31. The second kappa shape index (κ2) is 36.2. The molecule has 0 radical (unpaired) electrons. The van der Waals surface area contributed by atoms with Gasteiger partial charge in [-0.2, -0.15) is 0 Å². The predicted octanol–water partition coefficient (Wildman–Crippen LogP) is 14.2. The molecule has 1 atom stereocenters. The highest BCUT2D eigenvalue weighted by Gasteiger charge is 2.32. The second-order valence-corrected chi connectivity index (χ2v) is 16.9. The van der Waals surface area contributed by atoms with Crippen LogP contribution in [0.25, 0.3) is 0 Å². The quantitative estimate of drug-likeness (QED) is 0.0446. The number of hydrogen-bond donors (Lipinski definition) is 2. The summed E-state index contributed by atoms with van der Waals surface area (Å²) in [5, 5.41) is 2.00. The van der Waals surface area contributed by atoms with E-state index in [1.165, 1.54) is 71.0 Å². The number of ether oxygens (including phenoxy) is 1. The van der Waals surface area contributed by atoms with E-state index < -0.39 is 24.0 Å². The van der Waals surface area contributed by atoms with Crippen LogP contribution in [-0.2, 0) is 4.79 Å². The molecule has 1 aliphatic carbocycles. The molecule has 67 heavy (non-hydrogen) atoms. The minimum absolute atomic E-state index is 0.0248. The third-order valence-electron chi connectivity index (χ3n) is 11.7. The van der Waals surface area contributed by atoms with Crippen molar-refractivity contribution >= 4 is 35.3 Å². The van der Waals surface area contributed by atoms with Gasteiger partial charge >= 0.3 is 12.4 Å². The number of likely N-dealkylation sites (tertiary alicyclic amines) is 1. The molecule has 2 fully saturated rings. The normalized spacial score (nSPS) is 14.2. The fourth-order valence-corrected chi connectivity index (χ4v) is 7.71. The van der Waals surface area contributed by atoms with E-state index in [1.807, 2.05) is 46.0 Å². The maximum absolute atomic E-state index is 13.0. The SMILES string of the molecule is C#CCCN(CCC)c1ccc(C(=O)CCC)c(C=O)c1.C=C=C(C)C(C)CCC(=O)CCC.CC.CCC1CCN(CC2CCCCC2)CC1.NC(=O)Nc1ccc(OC(F)(F)F)c(F)c1. The number of terminal acetylenes is 1. The number of hydrogen-bond acceptors (Lipinski definition) is 7. The van der Waals surface area contributed by atoms with Gasteiger partial charge in [0.2, 0.25) is 0 Å². The number of carbonyl (C=O) groups is 4. The maximum Gasteiger partial charge on any atom is 0.573 e. The number of nitrogens with two attached hydrogens (primary N) is 1. The fraction of sp³-hybridized carbons (Fsp3) is 0.611. The molecule has 9 nitrogen and oxygen atoms in total. The molecule has 0 bridgehead atoms. The lowest BCUT2D eigenvalue weighted by molar-refractivity contribution is -0.275. The Morgan fingerprint density at radius 2 is 1.58 bits per heavy atom. The molecule has 2 aromatic rings. The fourth-order valence-electron chi connectivity index (χ4n) is 7.71. The molecule has 0 spiro atoms. The van der Waals surface area contributed by atoms with Crippen LogP contribution in [0.5, 0.6) is 5.75 Å². The van der Waals surface area contributed by atoms with Crippen LogP contribution in [0, 0.1) is 35.9 Å². The molecule has 1 saturated heterocycles. The van der Waals surface area contributed by atoms with Crippen LogP contribution in [-0.4, -0.2) is 67.9 Å². The number of piperidine rings is 1. The van der Waals surface area contributed by atoms with Crippen LogP contribution < -0.4 is 20.7 Å². The highest BCUT2D eigenvalue weighted by Crippen LogP contribution is 2.29. The smallest absolute Gasteiger partial charge is 0.403 e. The van der Waals surface area contributed by atoms with Crippen LogP contribution >= 0.6 is 0 Å². The van der Waals surface area contributed by atoms with Crippen LogP contribution in [0.3, 0.4) is 0 Å². The Bertz CT molecular complexity index is 1820. The van der Waals surface area contributed by atoms with E-state index in [9.17, 15) is 36.7 Å². The first kappa shape index (κ1) is 62.1. The number of halogens is 4. The topological polar surface area (TPSA) is 122 Å². The molecule has 4 rings (SSSR count). The monoisotopic (exact) mass is 943 g/mol. The van der Waals surface area contributed by atoms with Gasteiger partial charge in [0, 0.05) is 73.9 Å². The van der Waals surface area contributed by atoms with Crippen molar-refractivity contribution in [1.82, 2.24) is 4.90 Å². The number of urea groups is 1. The molecular formula is C54H82F4N4O5. The number of nitrogens with zero attached hydrogens (tertiary/aromatic N) is 2. The molecule has 376 valence electrons. The van der Waals surface area contributed by atoms with E-state index in [0.717, 1.165) is 86.7 Å². The van der Waals surface area contributed by atoms with Gasteiger partial charge in [-0.25, -0.2) is 9.18 Å². The van der Waals surface area contributed by atoms with Crippen LogP contribution in [0.15, 0.2) is 54.3 Å². The third kappa shape index (κ3) is 27.5. The van der Waals surface area contributed by atoms with Gasteiger partial charge in [0.1, 0.15) is 5.78 Å². The lowest BCUT2D eigenvalue weighted by atomic mass is 9.87. The van der Waals surface area contributed by atoms with Gasteiger partial charge in [-0.05, 0) is 125 Å². The van der Waals surface area contributed by atoms with Crippen molar-refractivity contribution in [2.24, 2.45) is 23.5 Å². The number of primary amides is 1. The number of aldehydes is 1. The Hall–Kier alpha value is -4.92. The molecule has 1 unspecified atom stereocenters. The lowest BCUT2D eigenvalue weighted by Crippen LogP contribution is -2.37. The molecule has 1 aliphatic heterocycles. The number of benzene rings is 2. The maximum atomic E-state index is 13.0. The van der Waals surface area contributed by atoms with Gasteiger partial charge in [0.25, 0.3) is 0 Å². The van der Waals surface area contributed by atoms with Crippen molar-refractivity contribution in [2.45, 2.75) is 164 Å². The number of carbonyl (C=O) groups excluding carboxylic acids is 4. The zero-order valence-corrected chi connectivity index (χ0v) is 41.9. The Morgan fingerprint density at radius 1 is 0.940 bits per heavy atom. The molecule has 1 saturated carbocycles. The van der Waals surface area contributed by atoms with Crippen molar-refractivity contribution in [1.29, 1.82) is 0 Å². The van der Waals surface area contributed by atoms with E-state index in [4.69, 9.17) is 12.2 Å². The Balaban J connectivity index is 0.000000868. The largest absolute Gasteiger partial charge is 0.573 e. The van der Waals surface area contributed by atoms with Gasteiger partial charge < -0.3 is 25.6 Å². The first-order valence-corrected chi connectivity index (χ1v) is 24.5. The average molecular weight is 943 g/mol. The molecule has 3 N–H and O–H groups in total. The number of rotatable bonds is 20. The van der Waals surface area contributed by atoms with Gasteiger partial charge in [-0.1, -0.05) is 80.7 Å². The molecule has 2 aliphatic rings. The summed E-state index contributed by atoms with van der Waals surface area (Å²) in [6, 6.07) is 6.91. The van der Waals surface area contributed by atoms with E-state index in [1.54, 1.807) is 12.1 Å². The van der Waals surface area contributed by atoms with E-state index >= 15 is 0 Å². The van der Waals surface area contributed by atoms with E-state index in [-0.39, 0.29) is 11.5 Å². The van der Waals surface area contributed by atoms with Crippen LogP contribution in [0.1, 0.15) is 179 Å². The molecule has 1 heterocycles. The Morgan fingerprint density at radius 3 is 2.09 bits per heavy atom. The number of anilines is 2. The Kier molecular flexibility index (Phi) is 33.5. The van der Waals surface area contributed by atoms with Gasteiger partial charge in [-0.15, -0.1) is 31.2 Å². The zero-order valence-electron chi connectivity index (χ0n) is 41.9.